The van der Waals surface area contributed by atoms with Gasteiger partial charge in [0.2, 0.25) is 5.91 Å². The Hall–Kier alpha value is -4.59. The second kappa shape index (κ2) is 11.9. The van der Waals surface area contributed by atoms with Gasteiger partial charge < -0.3 is 20.3 Å². The Labute approximate surface area is 229 Å². The van der Waals surface area contributed by atoms with Gasteiger partial charge in [-0.15, -0.1) is 0 Å². The van der Waals surface area contributed by atoms with E-state index in [1.54, 1.807) is 36.1 Å². The molecule has 4 rings (SSSR count). The number of urea groups is 1. The largest absolute Gasteiger partial charge is 0.497 e. The molecule has 0 saturated carbocycles. The van der Waals surface area contributed by atoms with Gasteiger partial charge in [-0.25, -0.2) is 9.48 Å². The van der Waals surface area contributed by atoms with Gasteiger partial charge >= 0.3 is 6.03 Å². The zero-order valence-corrected chi connectivity index (χ0v) is 23.1. The number of amides is 3. The number of methoxy groups -OCH3 is 1. The van der Waals surface area contributed by atoms with E-state index in [2.05, 4.69) is 31.4 Å². The van der Waals surface area contributed by atoms with E-state index in [1.165, 1.54) is 4.90 Å². The van der Waals surface area contributed by atoms with Crippen LogP contribution in [0.2, 0.25) is 0 Å². The van der Waals surface area contributed by atoms with E-state index in [9.17, 15) is 9.59 Å². The van der Waals surface area contributed by atoms with Crippen LogP contribution in [0.4, 0.5) is 16.3 Å². The normalized spacial score (nSPS) is 11.1. The fourth-order valence-electron chi connectivity index (χ4n) is 4.03. The molecular formula is C31H35N5O3. The summed E-state index contributed by atoms with van der Waals surface area (Å²) in [7, 11) is 1.59. The number of aryl methyl sites for hydroxylation is 1. The van der Waals surface area contributed by atoms with Crippen LogP contribution >= 0.6 is 0 Å². The van der Waals surface area contributed by atoms with Crippen molar-refractivity contribution in [1.29, 1.82) is 0 Å². The molecule has 0 aliphatic rings. The van der Waals surface area contributed by atoms with Crippen LogP contribution in [0.5, 0.6) is 5.75 Å². The maximum Gasteiger partial charge on any atom is 0.322 e. The lowest BCUT2D eigenvalue weighted by Gasteiger charge is -2.23. The Balaban J connectivity index is 1.57. The Morgan fingerprint density at radius 1 is 0.923 bits per heavy atom. The van der Waals surface area contributed by atoms with E-state index in [1.807, 2.05) is 67.6 Å². The summed E-state index contributed by atoms with van der Waals surface area (Å²) < 4.78 is 6.94. The molecular weight excluding hydrogens is 490 g/mol. The minimum atomic E-state index is -0.387. The van der Waals surface area contributed by atoms with E-state index in [4.69, 9.17) is 9.84 Å². The molecule has 0 aliphatic carbocycles. The molecule has 8 nitrogen and oxygen atoms in total. The van der Waals surface area contributed by atoms with Crippen molar-refractivity contribution in [2.24, 2.45) is 0 Å². The molecule has 3 amide bonds. The first-order chi connectivity index (χ1) is 18.6. The van der Waals surface area contributed by atoms with Crippen LogP contribution in [0, 0.1) is 6.92 Å². The first kappa shape index (κ1) is 27.4. The monoisotopic (exact) mass is 525 g/mol. The third kappa shape index (κ3) is 7.25. The van der Waals surface area contributed by atoms with Gasteiger partial charge in [-0.3, -0.25) is 4.79 Å². The molecule has 4 aromatic rings. The fraction of sp³-hybridized carbons (Fsp3) is 0.258. The topological polar surface area (TPSA) is 88.5 Å². The van der Waals surface area contributed by atoms with Crippen molar-refractivity contribution in [3.8, 4) is 11.4 Å². The lowest BCUT2D eigenvalue weighted by Crippen LogP contribution is -2.40. The smallest absolute Gasteiger partial charge is 0.322 e. The Kier molecular flexibility index (Phi) is 8.34. The van der Waals surface area contributed by atoms with Gasteiger partial charge in [-0.2, -0.15) is 5.10 Å². The van der Waals surface area contributed by atoms with Gasteiger partial charge in [0.25, 0.3) is 0 Å². The first-order valence-corrected chi connectivity index (χ1v) is 12.8. The number of nitrogens with zero attached hydrogens (tertiary/aromatic N) is 3. The van der Waals surface area contributed by atoms with Crippen LogP contribution in [-0.2, 0) is 16.8 Å². The summed E-state index contributed by atoms with van der Waals surface area (Å²) in [4.78, 5) is 28.2. The highest BCUT2D eigenvalue weighted by atomic mass is 16.5. The third-order valence-corrected chi connectivity index (χ3v) is 6.17. The molecule has 202 valence electrons. The minimum absolute atomic E-state index is 0.152. The van der Waals surface area contributed by atoms with E-state index in [-0.39, 0.29) is 30.4 Å². The molecule has 0 spiro atoms. The number of aromatic nitrogens is 2. The molecule has 3 aromatic carbocycles. The fourth-order valence-corrected chi connectivity index (χ4v) is 4.03. The van der Waals surface area contributed by atoms with Crippen molar-refractivity contribution >= 4 is 23.4 Å². The van der Waals surface area contributed by atoms with Gasteiger partial charge in [0.1, 0.15) is 18.1 Å². The number of carbonyl (C=O) groups excluding carboxylic acids is 2. The highest BCUT2D eigenvalue weighted by Crippen LogP contribution is 2.27. The van der Waals surface area contributed by atoms with Crippen LogP contribution in [-0.4, -0.2) is 40.3 Å². The summed E-state index contributed by atoms with van der Waals surface area (Å²) in [5.41, 5.74) is 4.08. The molecule has 0 fully saturated rings. The average Bonchev–Trinajstić information content (AvgIpc) is 3.33. The molecule has 0 atom stereocenters. The Morgan fingerprint density at radius 2 is 1.64 bits per heavy atom. The molecule has 0 radical (unpaired) electrons. The highest BCUT2D eigenvalue weighted by molar-refractivity contribution is 5.96. The second-order valence-electron chi connectivity index (χ2n) is 10.5. The standard InChI is InChI=1S/C31H35N5O3/c1-22-10-9-13-25(18-22)36-28(19-27(34-36)31(2,3)4)33-29(37)21-35(20-23-11-7-6-8-12-23)30(38)32-24-14-16-26(39-5)17-15-24/h6-19H,20-21H2,1-5H3,(H,32,38)(H,33,37). The summed E-state index contributed by atoms with van der Waals surface area (Å²) in [5, 5.41) is 10.7. The van der Waals surface area contributed by atoms with E-state index < -0.39 is 0 Å². The van der Waals surface area contributed by atoms with Crippen molar-refractivity contribution in [2.75, 3.05) is 24.3 Å². The number of benzene rings is 3. The molecule has 1 heterocycles. The number of hydrogen-bond acceptors (Lipinski definition) is 4. The van der Waals surface area contributed by atoms with Crippen LogP contribution < -0.4 is 15.4 Å². The summed E-state index contributed by atoms with van der Waals surface area (Å²) in [6.07, 6.45) is 0. The molecule has 2 N–H and O–H groups in total. The summed E-state index contributed by atoms with van der Waals surface area (Å²) >= 11 is 0. The maximum absolute atomic E-state index is 13.4. The molecule has 0 bridgehead atoms. The van der Waals surface area contributed by atoms with Gasteiger partial charge in [0.15, 0.2) is 0 Å². The number of ether oxygens (including phenoxy) is 1. The maximum atomic E-state index is 13.4. The van der Waals surface area contributed by atoms with Gasteiger partial charge in [0.05, 0.1) is 18.5 Å². The van der Waals surface area contributed by atoms with Crippen molar-refractivity contribution in [3.05, 3.63) is 102 Å². The summed E-state index contributed by atoms with van der Waals surface area (Å²) in [6.45, 7) is 8.35. The summed E-state index contributed by atoms with van der Waals surface area (Å²) in [5.74, 6) is 0.907. The number of carbonyl (C=O) groups is 2. The molecule has 0 aliphatic heterocycles. The SMILES string of the molecule is COc1ccc(NC(=O)N(CC(=O)Nc2cc(C(C)(C)C)nn2-c2cccc(C)c2)Cc2ccccc2)cc1. The Morgan fingerprint density at radius 3 is 2.28 bits per heavy atom. The quantitative estimate of drug-likeness (QED) is 0.288. The predicted molar refractivity (Wildman–Crippen MR) is 154 cm³/mol. The number of nitrogens with one attached hydrogen (secondary N) is 2. The van der Waals surface area contributed by atoms with Crippen molar-refractivity contribution in [3.63, 3.8) is 0 Å². The number of anilines is 2. The van der Waals surface area contributed by atoms with E-state index >= 15 is 0 Å². The molecule has 0 saturated heterocycles. The lowest BCUT2D eigenvalue weighted by molar-refractivity contribution is -0.116. The molecule has 8 heteroatoms. The predicted octanol–water partition coefficient (Wildman–Crippen LogP) is 6.16. The molecule has 39 heavy (non-hydrogen) atoms. The van der Waals surface area contributed by atoms with E-state index in [0.717, 1.165) is 22.5 Å². The van der Waals surface area contributed by atoms with Crippen molar-refractivity contribution < 1.29 is 14.3 Å². The molecule has 0 unspecified atom stereocenters. The number of rotatable bonds is 8. The van der Waals surface area contributed by atoms with Crippen molar-refractivity contribution in [2.45, 2.75) is 39.7 Å². The summed E-state index contributed by atoms with van der Waals surface area (Å²) in [6, 6.07) is 26.1. The van der Waals surface area contributed by atoms with Gasteiger partial charge in [-0.05, 0) is 54.4 Å². The van der Waals surface area contributed by atoms with Crippen LogP contribution in [0.15, 0.2) is 84.9 Å². The second-order valence-corrected chi connectivity index (χ2v) is 10.5. The average molecular weight is 526 g/mol. The van der Waals surface area contributed by atoms with Crippen LogP contribution in [0.3, 0.4) is 0 Å². The Bertz CT molecular complexity index is 1420. The minimum Gasteiger partial charge on any atom is -0.497 e. The molecule has 1 aromatic heterocycles. The van der Waals surface area contributed by atoms with Crippen molar-refractivity contribution in [1.82, 2.24) is 14.7 Å². The van der Waals surface area contributed by atoms with Gasteiger partial charge in [0, 0.05) is 23.7 Å². The third-order valence-electron chi connectivity index (χ3n) is 6.17. The van der Waals surface area contributed by atoms with Crippen LogP contribution in [0.1, 0.15) is 37.6 Å². The zero-order valence-electron chi connectivity index (χ0n) is 23.1. The highest BCUT2D eigenvalue weighted by Gasteiger charge is 2.23. The van der Waals surface area contributed by atoms with E-state index in [0.29, 0.717) is 17.3 Å². The zero-order chi connectivity index (χ0) is 28.0. The van der Waals surface area contributed by atoms with Crippen LogP contribution in [0.25, 0.3) is 5.69 Å². The number of hydrogen-bond donors (Lipinski definition) is 2. The lowest BCUT2D eigenvalue weighted by atomic mass is 9.92. The van der Waals surface area contributed by atoms with Gasteiger partial charge in [-0.1, -0.05) is 63.2 Å². The first-order valence-electron chi connectivity index (χ1n) is 12.8.